The molecule has 0 aromatic carbocycles. The molecule has 0 spiro atoms. The van der Waals surface area contributed by atoms with Crippen LogP contribution in [0.5, 0.6) is 0 Å². The summed E-state index contributed by atoms with van der Waals surface area (Å²) in [6.07, 6.45) is 1.74. The monoisotopic (exact) mass is 142 g/mol. The summed E-state index contributed by atoms with van der Waals surface area (Å²) in [6.45, 7) is 4.27. The van der Waals surface area contributed by atoms with E-state index in [2.05, 4.69) is 13.8 Å². The Morgan fingerprint density at radius 3 is 1.90 bits per heavy atom. The molecule has 3 atom stereocenters. The Labute approximate surface area is 61.2 Å². The van der Waals surface area contributed by atoms with Crippen molar-refractivity contribution in [2.75, 3.05) is 0 Å². The number of carboxylic acid groups (broad SMARTS) is 1. The van der Waals surface area contributed by atoms with Crippen molar-refractivity contribution in [3.05, 3.63) is 0 Å². The first-order valence-electron chi connectivity index (χ1n) is 3.84. The third-order valence-electron chi connectivity index (χ3n) is 2.63. The summed E-state index contributed by atoms with van der Waals surface area (Å²) in [6, 6.07) is 0. The molecule has 1 aliphatic carbocycles. The van der Waals surface area contributed by atoms with Gasteiger partial charge in [0.15, 0.2) is 0 Å². The van der Waals surface area contributed by atoms with Crippen LogP contribution in [0.3, 0.4) is 0 Å². The summed E-state index contributed by atoms with van der Waals surface area (Å²) >= 11 is 0. The lowest BCUT2D eigenvalue weighted by molar-refractivity contribution is -0.141. The van der Waals surface area contributed by atoms with E-state index >= 15 is 0 Å². The number of hydrogen-bond acceptors (Lipinski definition) is 1. The smallest absolute Gasteiger partial charge is 0.306 e. The van der Waals surface area contributed by atoms with Crippen molar-refractivity contribution in [3.63, 3.8) is 0 Å². The van der Waals surface area contributed by atoms with E-state index < -0.39 is 5.97 Å². The minimum absolute atomic E-state index is 0.0648. The average molecular weight is 142 g/mol. The molecule has 1 rings (SSSR count). The van der Waals surface area contributed by atoms with Gasteiger partial charge in [-0.3, -0.25) is 4.79 Å². The zero-order valence-corrected chi connectivity index (χ0v) is 6.50. The van der Waals surface area contributed by atoms with Crippen LogP contribution >= 0.6 is 0 Å². The molecule has 1 unspecified atom stereocenters. The van der Waals surface area contributed by atoms with Gasteiger partial charge in [0.25, 0.3) is 0 Å². The minimum atomic E-state index is -0.615. The molecule has 0 radical (unpaired) electrons. The summed E-state index contributed by atoms with van der Waals surface area (Å²) < 4.78 is 0. The topological polar surface area (TPSA) is 37.3 Å². The van der Waals surface area contributed by atoms with Gasteiger partial charge in [-0.2, -0.15) is 0 Å². The maximum atomic E-state index is 10.5. The average Bonchev–Trinajstić information content (AvgIpc) is 2.13. The van der Waals surface area contributed by atoms with Gasteiger partial charge in [0.2, 0.25) is 0 Å². The lowest BCUT2D eigenvalue weighted by Gasteiger charge is -2.04. The van der Waals surface area contributed by atoms with Gasteiger partial charge >= 0.3 is 5.97 Å². The summed E-state index contributed by atoms with van der Waals surface area (Å²) in [5.74, 6) is 0.517. The van der Waals surface area contributed by atoms with Gasteiger partial charge in [-0.15, -0.1) is 0 Å². The Morgan fingerprint density at radius 2 is 1.70 bits per heavy atom. The predicted molar refractivity (Wildman–Crippen MR) is 38.7 cm³/mol. The number of rotatable bonds is 1. The lowest BCUT2D eigenvalue weighted by atomic mass is 10.0. The van der Waals surface area contributed by atoms with Gasteiger partial charge < -0.3 is 5.11 Å². The second kappa shape index (κ2) is 2.60. The first kappa shape index (κ1) is 7.58. The summed E-state index contributed by atoms with van der Waals surface area (Å²) in [5, 5.41) is 8.65. The predicted octanol–water partition coefficient (Wildman–Crippen LogP) is 1.75. The Hall–Kier alpha value is -0.530. The molecule has 1 saturated carbocycles. The van der Waals surface area contributed by atoms with Crippen molar-refractivity contribution in [1.29, 1.82) is 0 Å². The fraction of sp³-hybridized carbons (Fsp3) is 0.875. The molecule has 2 heteroatoms. The number of aliphatic carboxylic acids is 1. The van der Waals surface area contributed by atoms with Crippen LogP contribution in [0, 0.1) is 17.8 Å². The van der Waals surface area contributed by atoms with E-state index in [9.17, 15) is 4.79 Å². The molecule has 0 bridgehead atoms. The molecule has 0 aromatic rings. The molecule has 58 valence electrons. The quantitative estimate of drug-likeness (QED) is 0.605. The zero-order valence-electron chi connectivity index (χ0n) is 6.50. The van der Waals surface area contributed by atoms with Gasteiger partial charge in [-0.25, -0.2) is 0 Å². The molecule has 2 nitrogen and oxygen atoms in total. The molecule has 1 N–H and O–H groups in total. The van der Waals surface area contributed by atoms with Crippen molar-refractivity contribution in [1.82, 2.24) is 0 Å². The van der Waals surface area contributed by atoms with E-state index in [1.165, 1.54) is 0 Å². The molecule has 10 heavy (non-hydrogen) atoms. The van der Waals surface area contributed by atoms with E-state index in [0.29, 0.717) is 11.8 Å². The lowest BCUT2D eigenvalue weighted by Crippen LogP contribution is -2.09. The first-order valence-corrected chi connectivity index (χ1v) is 3.84. The van der Waals surface area contributed by atoms with Crippen molar-refractivity contribution < 1.29 is 9.90 Å². The first-order chi connectivity index (χ1) is 4.61. The van der Waals surface area contributed by atoms with Gasteiger partial charge in [-0.05, 0) is 24.7 Å². The second-order valence-electron chi connectivity index (χ2n) is 3.46. The molecular formula is C8H14O2. The van der Waals surface area contributed by atoms with Crippen molar-refractivity contribution >= 4 is 5.97 Å². The van der Waals surface area contributed by atoms with Crippen LogP contribution in [-0.2, 0) is 4.79 Å². The van der Waals surface area contributed by atoms with E-state index in [4.69, 9.17) is 5.11 Å². The zero-order chi connectivity index (χ0) is 7.72. The normalized spacial score (nSPS) is 40.0. The number of carboxylic acids is 1. The second-order valence-corrected chi connectivity index (χ2v) is 3.46. The Balaban J connectivity index is 2.49. The van der Waals surface area contributed by atoms with Gasteiger partial charge in [0, 0.05) is 0 Å². The van der Waals surface area contributed by atoms with E-state index in [0.717, 1.165) is 12.8 Å². The summed E-state index contributed by atoms with van der Waals surface area (Å²) in [7, 11) is 0. The molecule has 1 aliphatic rings. The van der Waals surface area contributed by atoms with Crippen LogP contribution < -0.4 is 0 Å². The standard InChI is InChI=1S/C8H14O2/c1-5-3-7(8(9)10)4-6(5)2/h5-7H,3-4H2,1-2H3,(H,9,10)/t5-,6+,7?. The summed E-state index contributed by atoms with van der Waals surface area (Å²) in [5.41, 5.74) is 0. The molecule has 0 aromatic heterocycles. The maximum Gasteiger partial charge on any atom is 0.306 e. The molecule has 0 aliphatic heterocycles. The SMILES string of the molecule is C[C@@H]1CC(C(=O)O)C[C@@H]1C. The van der Waals surface area contributed by atoms with Gasteiger partial charge in [0.05, 0.1) is 5.92 Å². The van der Waals surface area contributed by atoms with Crippen LogP contribution in [0.15, 0.2) is 0 Å². The van der Waals surface area contributed by atoms with E-state index in [1.54, 1.807) is 0 Å². The van der Waals surface area contributed by atoms with Crippen LogP contribution in [0.1, 0.15) is 26.7 Å². The van der Waals surface area contributed by atoms with E-state index in [1.807, 2.05) is 0 Å². The highest BCUT2D eigenvalue weighted by Crippen LogP contribution is 2.35. The number of hydrogen-bond donors (Lipinski definition) is 1. The van der Waals surface area contributed by atoms with E-state index in [-0.39, 0.29) is 5.92 Å². The maximum absolute atomic E-state index is 10.5. The van der Waals surface area contributed by atoms with Crippen LogP contribution in [0.2, 0.25) is 0 Å². The Bertz CT molecular complexity index is 132. The van der Waals surface area contributed by atoms with Crippen molar-refractivity contribution in [3.8, 4) is 0 Å². The molecule has 0 heterocycles. The van der Waals surface area contributed by atoms with Gasteiger partial charge in [0.1, 0.15) is 0 Å². The fourth-order valence-electron chi connectivity index (χ4n) is 1.66. The number of carbonyl (C=O) groups is 1. The Morgan fingerprint density at radius 1 is 1.30 bits per heavy atom. The molecular weight excluding hydrogens is 128 g/mol. The van der Waals surface area contributed by atoms with Gasteiger partial charge in [-0.1, -0.05) is 13.8 Å². The minimum Gasteiger partial charge on any atom is -0.481 e. The Kier molecular flexibility index (Phi) is 1.97. The molecule has 0 saturated heterocycles. The van der Waals surface area contributed by atoms with Crippen molar-refractivity contribution in [2.45, 2.75) is 26.7 Å². The highest BCUT2D eigenvalue weighted by molar-refractivity contribution is 5.70. The third kappa shape index (κ3) is 1.31. The molecule has 1 fully saturated rings. The third-order valence-corrected chi connectivity index (χ3v) is 2.63. The molecule has 0 amide bonds. The van der Waals surface area contributed by atoms with Crippen molar-refractivity contribution in [2.24, 2.45) is 17.8 Å². The highest BCUT2D eigenvalue weighted by atomic mass is 16.4. The van der Waals surface area contributed by atoms with Crippen LogP contribution in [0.4, 0.5) is 0 Å². The summed E-state index contributed by atoms with van der Waals surface area (Å²) in [4.78, 5) is 10.5. The highest BCUT2D eigenvalue weighted by Gasteiger charge is 2.32. The van der Waals surface area contributed by atoms with Crippen LogP contribution in [0.25, 0.3) is 0 Å². The fourth-order valence-corrected chi connectivity index (χ4v) is 1.66. The largest absolute Gasteiger partial charge is 0.481 e. The van der Waals surface area contributed by atoms with Crippen LogP contribution in [-0.4, -0.2) is 11.1 Å².